The third-order valence-electron chi connectivity index (χ3n) is 11.3. The fourth-order valence-electron chi connectivity index (χ4n) is 8.38. The van der Waals surface area contributed by atoms with Gasteiger partial charge < -0.3 is 4.57 Å². The van der Waals surface area contributed by atoms with Crippen molar-refractivity contribution in [3.05, 3.63) is 218 Å². The summed E-state index contributed by atoms with van der Waals surface area (Å²) in [5, 5.41) is 4.87. The van der Waals surface area contributed by atoms with Crippen LogP contribution in [0.25, 0.3) is 106 Å². The Kier molecular flexibility index (Phi) is 8.45. The monoisotopic (exact) mass is 752 g/mol. The van der Waals surface area contributed by atoms with Gasteiger partial charge in [-0.3, -0.25) is 0 Å². The molecule has 0 spiro atoms. The SMILES string of the molecule is c1ccc(-c2ccccc2-c2nc(-c3ccc(-c4ccc5ccccc5c4)cc3)nc(-c3ccc(-c4ccccc4)c(-n4c5ccccc5c5ccccc54)c3)n2)cc1. The molecular weight excluding hydrogens is 717 g/mol. The first kappa shape index (κ1) is 34.3. The lowest BCUT2D eigenvalue weighted by Crippen LogP contribution is -2.03. The van der Waals surface area contributed by atoms with Crippen LogP contribution in [0.1, 0.15) is 0 Å². The summed E-state index contributed by atoms with van der Waals surface area (Å²) in [6.45, 7) is 0. The average molecular weight is 753 g/mol. The molecule has 0 fully saturated rings. The van der Waals surface area contributed by atoms with Crippen molar-refractivity contribution in [3.63, 3.8) is 0 Å². The van der Waals surface area contributed by atoms with Gasteiger partial charge in [0.15, 0.2) is 17.5 Å². The van der Waals surface area contributed by atoms with E-state index in [9.17, 15) is 0 Å². The molecule has 59 heavy (non-hydrogen) atoms. The predicted molar refractivity (Wildman–Crippen MR) is 244 cm³/mol. The standard InChI is InChI=1S/C55H36N4/c1-3-16-39(17-4-1)45-21-9-10-24-49(45)55-57-53(41-30-27-38(28-31-41)43-32-29-37-15-7-8-20-42(37)35-43)56-54(58-55)44-33-34-46(40-18-5-2-6-19-40)52(36-44)59-50-25-13-11-22-47(50)48-23-12-14-26-51(48)59/h1-36H. The number of fused-ring (bicyclic) bond motifs is 4. The molecule has 0 atom stereocenters. The third kappa shape index (κ3) is 6.24. The Morgan fingerprint density at radius 3 is 1.46 bits per heavy atom. The summed E-state index contributed by atoms with van der Waals surface area (Å²) in [5.74, 6) is 1.84. The van der Waals surface area contributed by atoms with E-state index in [-0.39, 0.29) is 0 Å². The second-order valence-corrected chi connectivity index (χ2v) is 14.8. The van der Waals surface area contributed by atoms with E-state index in [0.717, 1.165) is 61.2 Å². The number of benzene rings is 9. The molecule has 4 nitrogen and oxygen atoms in total. The Bertz CT molecular complexity index is 3260. The van der Waals surface area contributed by atoms with E-state index < -0.39 is 0 Å². The van der Waals surface area contributed by atoms with Gasteiger partial charge in [0.25, 0.3) is 0 Å². The molecular formula is C55H36N4. The molecule has 2 aromatic heterocycles. The maximum Gasteiger partial charge on any atom is 0.164 e. The van der Waals surface area contributed by atoms with Crippen molar-refractivity contribution in [1.82, 2.24) is 19.5 Å². The molecule has 0 saturated heterocycles. The highest BCUT2D eigenvalue weighted by molar-refractivity contribution is 6.10. The molecule has 0 amide bonds. The van der Waals surface area contributed by atoms with Gasteiger partial charge in [0.1, 0.15) is 0 Å². The molecule has 0 aliphatic rings. The van der Waals surface area contributed by atoms with Crippen LogP contribution in [0.4, 0.5) is 0 Å². The first-order valence-corrected chi connectivity index (χ1v) is 19.9. The maximum atomic E-state index is 5.30. The number of aromatic nitrogens is 4. The predicted octanol–water partition coefficient (Wildman–Crippen LogP) is 14.1. The van der Waals surface area contributed by atoms with Crippen molar-refractivity contribution in [2.45, 2.75) is 0 Å². The minimum Gasteiger partial charge on any atom is -0.309 e. The van der Waals surface area contributed by atoms with Crippen molar-refractivity contribution < 1.29 is 0 Å². The molecule has 0 aliphatic carbocycles. The topological polar surface area (TPSA) is 43.6 Å². The Morgan fingerprint density at radius 1 is 0.271 bits per heavy atom. The third-order valence-corrected chi connectivity index (χ3v) is 11.3. The Balaban J connectivity index is 1.12. The van der Waals surface area contributed by atoms with E-state index in [1.54, 1.807) is 0 Å². The van der Waals surface area contributed by atoms with Gasteiger partial charge in [-0.25, -0.2) is 15.0 Å². The quantitative estimate of drug-likeness (QED) is 0.163. The van der Waals surface area contributed by atoms with Crippen LogP contribution in [0.3, 0.4) is 0 Å². The van der Waals surface area contributed by atoms with E-state index >= 15 is 0 Å². The largest absolute Gasteiger partial charge is 0.309 e. The molecule has 0 aliphatic heterocycles. The Labute approximate surface area is 342 Å². The summed E-state index contributed by atoms with van der Waals surface area (Å²) in [5.41, 5.74) is 12.8. The summed E-state index contributed by atoms with van der Waals surface area (Å²) in [6.07, 6.45) is 0. The maximum absolute atomic E-state index is 5.30. The summed E-state index contributed by atoms with van der Waals surface area (Å²) in [6, 6.07) is 77.0. The van der Waals surface area contributed by atoms with Gasteiger partial charge in [-0.2, -0.15) is 0 Å². The smallest absolute Gasteiger partial charge is 0.164 e. The van der Waals surface area contributed by atoms with Gasteiger partial charge in [0, 0.05) is 33.0 Å². The van der Waals surface area contributed by atoms with E-state index in [1.807, 2.05) is 6.07 Å². The minimum absolute atomic E-state index is 0.605. The molecule has 11 aromatic rings. The van der Waals surface area contributed by atoms with Crippen molar-refractivity contribution in [1.29, 1.82) is 0 Å². The zero-order valence-electron chi connectivity index (χ0n) is 32.1. The van der Waals surface area contributed by atoms with Crippen LogP contribution in [-0.4, -0.2) is 19.5 Å². The van der Waals surface area contributed by atoms with Gasteiger partial charge in [-0.1, -0.05) is 194 Å². The van der Waals surface area contributed by atoms with Gasteiger partial charge in [-0.15, -0.1) is 0 Å². The van der Waals surface area contributed by atoms with E-state index in [2.05, 4.69) is 217 Å². The first-order valence-electron chi connectivity index (χ1n) is 19.9. The van der Waals surface area contributed by atoms with Crippen LogP contribution in [0.15, 0.2) is 218 Å². The summed E-state index contributed by atoms with van der Waals surface area (Å²) < 4.78 is 2.38. The second-order valence-electron chi connectivity index (χ2n) is 14.8. The van der Waals surface area contributed by atoms with Crippen LogP contribution >= 0.6 is 0 Å². The highest BCUT2D eigenvalue weighted by Crippen LogP contribution is 2.39. The molecule has 0 bridgehead atoms. The Hall–Kier alpha value is -7.95. The van der Waals surface area contributed by atoms with Gasteiger partial charge in [0.05, 0.1) is 16.7 Å². The molecule has 0 unspecified atom stereocenters. The van der Waals surface area contributed by atoms with Crippen LogP contribution in [0, 0.1) is 0 Å². The van der Waals surface area contributed by atoms with Crippen molar-refractivity contribution in [3.8, 4) is 73.2 Å². The van der Waals surface area contributed by atoms with Crippen LogP contribution in [0.2, 0.25) is 0 Å². The van der Waals surface area contributed by atoms with Gasteiger partial charge in [-0.05, 0) is 62.9 Å². The number of nitrogens with zero attached hydrogens (tertiary/aromatic N) is 4. The molecule has 0 N–H and O–H groups in total. The molecule has 2 heterocycles. The van der Waals surface area contributed by atoms with Crippen molar-refractivity contribution >= 4 is 32.6 Å². The lowest BCUT2D eigenvalue weighted by Gasteiger charge is -2.16. The molecule has 0 saturated carbocycles. The number of hydrogen-bond donors (Lipinski definition) is 0. The summed E-state index contributed by atoms with van der Waals surface area (Å²) >= 11 is 0. The number of para-hydroxylation sites is 2. The molecule has 0 radical (unpaired) electrons. The van der Waals surface area contributed by atoms with E-state index in [1.165, 1.54) is 27.1 Å². The summed E-state index contributed by atoms with van der Waals surface area (Å²) in [7, 11) is 0. The molecule has 11 rings (SSSR count). The number of rotatable bonds is 7. The van der Waals surface area contributed by atoms with Crippen molar-refractivity contribution in [2.75, 3.05) is 0 Å². The fourth-order valence-corrected chi connectivity index (χ4v) is 8.38. The highest BCUT2D eigenvalue weighted by atomic mass is 15.0. The van der Waals surface area contributed by atoms with E-state index in [4.69, 9.17) is 15.0 Å². The number of hydrogen-bond acceptors (Lipinski definition) is 3. The second kappa shape index (κ2) is 14.5. The fraction of sp³-hybridized carbons (Fsp3) is 0. The van der Waals surface area contributed by atoms with E-state index in [0.29, 0.717) is 17.5 Å². The Morgan fingerprint density at radius 2 is 0.763 bits per heavy atom. The van der Waals surface area contributed by atoms with Crippen LogP contribution in [-0.2, 0) is 0 Å². The highest BCUT2D eigenvalue weighted by Gasteiger charge is 2.20. The van der Waals surface area contributed by atoms with Crippen molar-refractivity contribution in [2.24, 2.45) is 0 Å². The van der Waals surface area contributed by atoms with Crippen LogP contribution in [0.5, 0.6) is 0 Å². The lowest BCUT2D eigenvalue weighted by atomic mass is 9.98. The normalized spacial score (nSPS) is 11.4. The minimum atomic E-state index is 0.605. The molecule has 4 heteroatoms. The average Bonchev–Trinajstić information content (AvgIpc) is 3.66. The molecule has 9 aromatic carbocycles. The van der Waals surface area contributed by atoms with Gasteiger partial charge >= 0.3 is 0 Å². The zero-order chi connectivity index (χ0) is 39.1. The van der Waals surface area contributed by atoms with Crippen LogP contribution < -0.4 is 0 Å². The molecule has 276 valence electrons. The van der Waals surface area contributed by atoms with Gasteiger partial charge in [0.2, 0.25) is 0 Å². The zero-order valence-corrected chi connectivity index (χ0v) is 32.1. The first-order chi connectivity index (χ1) is 29.2. The lowest BCUT2D eigenvalue weighted by molar-refractivity contribution is 1.07. The summed E-state index contributed by atoms with van der Waals surface area (Å²) in [4.78, 5) is 15.8.